The number of aliphatic carboxylic acids is 3. The minimum atomic E-state index is -3.32. The van der Waals surface area contributed by atoms with Crippen molar-refractivity contribution in [3.8, 4) is 0 Å². The van der Waals surface area contributed by atoms with Gasteiger partial charge in [-0.15, -0.1) is 0 Å². The Balaban J connectivity index is 3.48. The van der Waals surface area contributed by atoms with Gasteiger partial charge in [0.2, 0.25) is 0 Å². The third kappa shape index (κ3) is 1.46. The molecule has 10 heteroatoms. The van der Waals surface area contributed by atoms with Crippen LogP contribution < -0.4 is 0 Å². The molecule has 1 unspecified atom stereocenters. The molecule has 1 fully saturated rings. The minimum absolute atomic E-state index is 0.124. The molecule has 1 heterocycles. The quantitative estimate of drug-likeness (QED) is 0.435. The lowest BCUT2D eigenvalue weighted by molar-refractivity contribution is -0.175. The molecule has 0 aliphatic carbocycles. The van der Waals surface area contributed by atoms with Crippen molar-refractivity contribution in [3.63, 3.8) is 0 Å². The molecule has 0 bridgehead atoms. The molecule has 4 N–H and O–H groups in total. The van der Waals surface area contributed by atoms with Gasteiger partial charge in [0.05, 0.1) is 0 Å². The van der Waals surface area contributed by atoms with Crippen molar-refractivity contribution in [2.24, 2.45) is 11.3 Å². The number of carbonyl (C=O) groups excluding carboxylic acids is 1. The lowest BCUT2D eigenvalue weighted by Gasteiger charge is -2.20. The van der Waals surface area contributed by atoms with Gasteiger partial charge in [0.15, 0.2) is 0 Å². The van der Waals surface area contributed by atoms with Crippen LogP contribution in [0.2, 0.25) is 0 Å². The maximum atomic E-state index is 11.6. The zero-order chi connectivity index (χ0) is 14.2. The second-order valence-corrected chi connectivity index (χ2v) is 3.51. The summed E-state index contributed by atoms with van der Waals surface area (Å²) in [6.45, 7) is -1.03. The lowest BCUT2D eigenvalue weighted by atomic mass is 9.77. The van der Waals surface area contributed by atoms with Crippen molar-refractivity contribution >= 4 is 29.9 Å². The van der Waals surface area contributed by atoms with Crippen molar-refractivity contribution in [1.82, 2.24) is 4.90 Å². The molecule has 0 saturated carbocycles. The number of amides is 2. The number of carbonyl (C=O) groups is 5. The molecule has 1 saturated heterocycles. The zero-order valence-electron chi connectivity index (χ0n) is 8.56. The first-order valence-electron chi connectivity index (χ1n) is 4.41. The van der Waals surface area contributed by atoms with Crippen LogP contribution in [0.4, 0.5) is 4.79 Å². The number of rotatable bonds is 3. The molecule has 0 aromatic rings. The Hall–Kier alpha value is -2.65. The molecular weight excluding hydrogens is 254 g/mol. The SMILES string of the molecule is O=C(O)C1CN(C(=O)O)C(=O)C1(C(=O)O)C(=O)O. The maximum Gasteiger partial charge on any atom is 0.414 e. The Morgan fingerprint density at radius 1 is 1.06 bits per heavy atom. The Labute approximate surface area is 98.0 Å². The summed E-state index contributed by atoms with van der Waals surface area (Å²) in [6.07, 6.45) is -1.91. The van der Waals surface area contributed by atoms with Crippen molar-refractivity contribution in [2.75, 3.05) is 6.54 Å². The lowest BCUT2D eigenvalue weighted by Crippen LogP contribution is -2.52. The van der Waals surface area contributed by atoms with E-state index in [0.717, 1.165) is 0 Å². The highest BCUT2D eigenvalue weighted by atomic mass is 16.4. The van der Waals surface area contributed by atoms with E-state index in [0.29, 0.717) is 0 Å². The molecule has 0 spiro atoms. The van der Waals surface area contributed by atoms with Crippen LogP contribution in [-0.4, -0.2) is 61.8 Å². The van der Waals surface area contributed by atoms with Gasteiger partial charge in [-0.1, -0.05) is 0 Å². The van der Waals surface area contributed by atoms with E-state index in [1.807, 2.05) is 0 Å². The molecule has 1 aliphatic rings. The van der Waals surface area contributed by atoms with E-state index in [1.165, 1.54) is 0 Å². The number of imide groups is 1. The molecule has 1 rings (SSSR count). The van der Waals surface area contributed by atoms with Crippen LogP contribution >= 0.6 is 0 Å². The Morgan fingerprint density at radius 2 is 1.50 bits per heavy atom. The van der Waals surface area contributed by atoms with Crippen LogP contribution in [0.1, 0.15) is 0 Å². The van der Waals surface area contributed by atoms with Crippen LogP contribution in [0.5, 0.6) is 0 Å². The summed E-state index contributed by atoms with van der Waals surface area (Å²) in [5.41, 5.74) is -3.32. The monoisotopic (exact) mass is 261 g/mol. The molecule has 0 radical (unpaired) electrons. The molecule has 98 valence electrons. The normalized spacial score (nSPS) is 21.7. The van der Waals surface area contributed by atoms with Gasteiger partial charge in [0, 0.05) is 6.54 Å². The number of carboxylic acid groups (broad SMARTS) is 4. The first-order valence-corrected chi connectivity index (χ1v) is 4.41. The maximum absolute atomic E-state index is 11.6. The molecule has 0 aromatic heterocycles. The second-order valence-electron chi connectivity index (χ2n) is 3.51. The highest BCUT2D eigenvalue weighted by Gasteiger charge is 2.69. The summed E-state index contributed by atoms with van der Waals surface area (Å²) in [4.78, 5) is 54.9. The van der Waals surface area contributed by atoms with E-state index < -0.39 is 47.8 Å². The van der Waals surface area contributed by atoms with E-state index in [4.69, 9.17) is 20.4 Å². The van der Waals surface area contributed by atoms with Crippen LogP contribution in [0.25, 0.3) is 0 Å². The summed E-state index contributed by atoms with van der Waals surface area (Å²) in [6, 6.07) is 0. The fraction of sp³-hybridized carbons (Fsp3) is 0.375. The third-order valence-electron chi connectivity index (χ3n) is 2.67. The first kappa shape index (κ1) is 13.4. The Morgan fingerprint density at radius 3 is 1.72 bits per heavy atom. The van der Waals surface area contributed by atoms with E-state index >= 15 is 0 Å². The number of hydrogen-bond donors (Lipinski definition) is 4. The fourth-order valence-corrected chi connectivity index (χ4v) is 1.77. The molecule has 10 nitrogen and oxygen atoms in total. The van der Waals surface area contributed by atoms with Crippen molar-refractivity contribution in [2.45, 2.75) is 0 Å². The molecular formula is C8H7NO9. The third-order valence-corrected chi connectivity index (χ3v) is 2.67. The predicted molar refractivity (Wildman–Crippen MR) is 48.6 cm³/mol. The molecule has 1 atom stereocenters. The van der Waals surface area contributed by atoms with Crippen LogP contribution in [0.3, 0.4) is 0 Å². The topological polar surface area (TPSA) is 170 Å². The average Bonchev–Trinajstić information content (AvgIpc) is 2.52. The summed E-state index contributed by atoms with van der Waals surface area (Å²) in [7, 11) is 0. The van der Waals surface area contributed by atoms with Crippen LogP contribution in [0, 0.1) is 11.3 Å². The fourth-order valence-electron chi connectivity index (χ4n) is 1.77. The number of likely N-dealkylation sites (tertiary alicyclic amines) is 1. The van der Waals surface area contributed by atoms with E-state index in [1.54, 1.807) is 0 Å². The number of carboxylic acids is 3. The largest absolute Gasteiger partial charge is 0.481 e. The highest BCUT2D eigenvalue weighted by Crippen LogP contribution is 2.38. The van der Waals surface area contributed by atoms with Gasteiger partial charge < -0.3 is 20.4 Å². The molecule has 1 aliphatic heterocycles. The molecule has 18 heavy (non-hydrogen) atoms. The van der Waals surface area contributed by atoms with Crippen molar-refractivity contribution in [3.05, 3.63) is 0 Å². The Bertz CT molecular complexity index is 453. The first-order chi connectivity index (χ1) is 8.17. The highest BCUT2D eigenvalue weighted by molar-refractivity contribution is 6.24. The minimum Gasteiger partial charge on any atom is -0.481 e. The van der Waals surface area contributed by atoms with Crippen molar-refractivity contribution < 1.29 is 44.4 Å². The van der Waals surface area contributed by atoms with E-state index in [2.05, 4.69) is 0 Å². The van der Waals surface area contributed by atoms with Crippen LogP contribution in [-0.2, 0) is 19.2 Å². The second kappa shape index (κ2) is 3.98. The van der Waals surface area contributed by atoms with Gasteiger partial charge in [-0.3, -0.25) is 19.2 Å². The Kier molecular flexibility index (Phi) is 2.97. The van der Waals surface area contributed by atoms with Crippen LogP contribution in [0.15, 0.2) is 0 Å². The van der Waals surface area contributed by atoms with Gasteiger partial charge in [0.1, 0.15) is 5.92 Å². The smallest absolute Gasteiger partial charge is 0.414 e. The summed E-state index contributed by atoms with van der Waals surface area (Å²) in [5.74, 6) is -10.3. The summed E-state index contributed by atoms with van der Waals surface area (Å²) in [5, 5.41) is 35.0. The standard InChI is InChI=1S/C8H7NO9/c10-3(11)2-1-9(7(17)18)4(12)8(2,5(13)14)6(15)16/h2H,1H2,(H,10,11)(H,13,14)(H,15,16)(H,17,18). The van der Waals surface area contributed by atoms with E-state index in [-0.39, 0.29) is 4.90 Å². The zero-order valence-corrected chi connectivity index (χ0v) is 8.56. The predicted octanol–water partition coefficient (Wildman–Crippen LogP) is -1.64. The van der Waals surface area contributed by atoms with Gasteiger partial charge >= 0.3 is 24.0 Å². The van der Waals surface area contributed by atoms with Gasteiger partial charge in [0.25, 0.3) is 11.3 Å². The summed E-state index contributed by atoms with van der Waals surface area (Å²) < 4.78 is 0. The summed E-state index contributed by atoms with van der Waals surface area (Å²) >= 11 is 0. The molecule has 2 amide bonds. The van der Waals surface area contributed by atoms with Crippen molar-refractivity contribution in [1.29, 1.82) is 0 Å². The van der Waals surface area contributed by atoms with Gasteiger partial charge in [-0.05, 0) is 0 Å². The van der Waals surface area contributed by atoms with E-state index in [9.17, 15) is 24.0 Å². The molecule has 0 aromatic carbocycles. The van der Waals surface area contributed by atoms with Gasteiger partial charge in [-0.25, -0.2) is 9.69 Å². The number of hydrogen-bond acceptors (Lipinski definition) is 5. The van der Waals surface area contributed by atoms with Gasteiger partial charge in [-0.2, -0.15) is 0 Å². The average molecular weight is 261 g/mol. The number of nitrogens with zero attached hydrogens (tertiary/aromatic N) is 1.